The second-order valence-corrected chi connectivity index (χ2v) is 4.81. The molecule has 0 aliphatic carbocycles. The van der Waals surface area contributed by atoms with E-state index in [0.29, 0.717) is 0 Å². The fourth-order valence-corrected chi connectivity index (χ4v) is 1.54. The lowest BCUT2D eigenvalue weighted by Crippen LogP contribution is -2.33. The van der Waals surface area contributed by atoms with E-state index in [9.17, 15) is 0 Å². The first kappa shape index (κ1) is 12.3. The summed E-state index contributed by atoms with van der Waals surface area (Å²) in [5, 5.41) is 3.43. The Morgan fingerprint density at radius 1 is 1.40 bits per heavy atom. The van der Waals surface area contributed by atoms with E-state index >= 15 is 0 Å². The van der Waals surface area contributed by atoms with Gasteiger partial charge in [-0.25, -0.2) is 0 Å². The quantitative estimate of drug-likeness (QED) is 0.598. The Kier molecular flexibility index (Phi) is 4.85. The van der Waals surface area contributed by atoms with Crippen molar-refractivity contribution in [2.24, 2.45) is 5.73 Å². The van der Waals surface area contributed by atoms with Gasteiger partial charge in [0.25, 0.3) is 0 Å². The predicted molar refractivity (Wildman–Crippen MR) is 64.9 cm³/mol. The van der Waals surface area contributed by atoms with Gasteiger partial charge < -0.3 is 16.0 Å². The van der Waals surface area contributed by atoms with Crippen LogP contribution in [0.25, 0.3) is 0 Å². The molecule has 86 valence electrons. The Labute approximate surface area is 92.4 Å². The van der Waals surface area contributed by atoms with Crippen molar-refractivity contribution in [3.8, 4) is 0 Å². The molecule has 1 rings (SSSR count). The van der Waals surface area contributed by atoms with Crippen molar-refractivity contribution < 1.29 is 0 Å². The van der Waals surface area contributed by atoms with Crippen LogP contribution in [0.2, 0.25) is 0 Å². The van der Waals surface area contributed by atoms with Crippen LogP contribution in [0, 0.1) is 0 Å². The molecule has 0 bridgehead atoms. The molecular weight excluding hydrogens is 186 g/mol. The zero-order valence-electron chi connectivity index (χ0n) is 9.84. The number of aromatic amines is 1. The first-order chi connectivity index (χ1) is 7.08. The molecule has 0 radical (unpaired) electrons. The maximum Gasteiger partial charge on any atom is 0.00975 e. The molecule has 0 atom stereocenters. The van der Waals surface area contributed by atoms with Gasteiger partial charge in [-0.1, -0.05) is 0 Å². The molecule has 0 spiro atoms. The molecule has 1 heterocycles. The van der Waals surface area contributed by atoms with Crippen LogP contribution < -0.4 is 11.1 Å². The van der Waals surface area contributed by atoms with Crippen LogP contribution in [0.1, 0.15) is 32.3 Å². The smallest absolute Gasteiger partial charge is 0.00975 e. The van der Waals surface area contributed by atoms with E-state index in [1.54, 1.807) is 0 Å². The van der Waals surface area contributed by atoms with Gasteiger partial charge in [-0.3, -0.25) is 0 Å². The van der Waals surface area contributed by atoms with Crippen LogP contribution in [-0.4, -0.2) is 23.6 Å². The van der Waals surface area contributed by atoms with Crippen LogP contribution in [0.4, 0.5) is 0 Å². The Morgan fingerprint density at radius 3 is 2.80 bits per heavy atom. The van der Waals surface area contributed by atoms with Gasteiger partial charge in [0.2, 0.25) is 0 Å². The number of H-pyrrole nitrogens is 1. The summed E-state index contributed by atoms with van der Waals surface area (Å²) < 4.78 is 0. The molecule has 0 amide bonds. The van der Waals surface area contributed by atoms with Crippen LogP contribution in [0.3, 0.4) is 0 Å². The fraction of sp³-hybridized carbons (Fsp3) is 0.667. The van der Waals surface area contributed by atoms with Gasteiger partial charge in [-0.2, -0.15) is 0 Å². The number of hydrogen-bond donors (Lipinski definition) is 3. The first-order valence-corrected chi connectivity index (χ1v) is 5.69. The summed E-state index contributed by atoms with van der Waals surface area (Å²) in [6, 6.07) is 2.12. The molecule has 3 heteroatoms. The van der Waals surface area contributed by atoms with Crippen molar-refractivity contribution in [1.29, 1.82) is 0 Å². The Morgan fingerprint density at radius 2 is 2.20 bits per heavy atom. The number of nitrogens with two attached hydrogens (primary N) is 1. The van der Waals surface area contributed by atoms with Gasteiger partial charge in [0.05, 0.1) is 0 Å². The van der Waals surface area contributed by atoms with Gasteiger partial charge in [-0.15, -0.1) is 0 Å². The highest BCUT2D eigenvalue weighted by molar-refractivity contribution is 5.08. The largest absolute Gasteiger partial charge is 0.367 e. The average Bonchev–Trinajstić information content (AvgIpc) is 2.61. The fourth-order valence-electron chi connectivity index (χ4n) is 1.54. The molecule has 0 aliphatic rings. The van der Waals surface area contributed by atoms with Crippen LogP contribution in [0.5, 0.6) is 0 Å². The van der Waals surface area contributed by atoms with Crippen LogP contribution in [0.15, 0.2) is 18.5 Å². The summed E-state index contributed by atoms with van der Waals surface area (Å²) in [5.41, 5.74) is 7.23. The zero-order valence-corrected chi connectivity index (χ0v) is 9.84. The highest BCUT2D eigenvalue weighted by Crippen LogP contribution is 2.05. The predicted octanol–water partition coefficient (Wildman–Crippen LogP) is 1.66. The van der Waals surface area contributed by atoms with Gasteiger partial charge in [0.1, 0.15) is 0 Å². The van der Waals surface area contributed by atoms with Gasteiger partial charge in [0, 0.05) is 17.9 Å². The summed E-state index contributed by atoms with van der Waals surface area (Å²) in [7, 11) is 0. The van der Waals surface area contributed by atoms with E-state index in [-0.39, 0.29) is 5.54 Å². The third-order valence-electron chi connectivity index (χ3n) is 2.43. The first-order valence-electron chi connectivity index (χ1n) is 5.69. The number of nitrogens with one attached hydrogen (secondary N) is 2. The SMILES string of the molecule is CC(C)(N)CCCNCCc1cc[nH]c1. The number of hydrogen-bond acceptors (Lipinski definition) is 2. The van der Waals surface area contributed by atoms with Crippen molar-refractivity contribution >= 4 is 0 Å². The summed E-state index contributed by atoms with van der Waals surface area (Å²) in [6.45, 7) is 6.26. The van der Waals surface area contributed by atoms with E-state index in [0.717, 1.165) is 32.4 Å². The monoisotopic (exact) mass is 209 g/mol. The van der Waals surface area contributed by atoms with E-state index in [1.807, 2.05) is 12.4 Å². The number of aromatic nitrogens is 1. The molecule has 4 N–H and O–H groups in total. The topological polar surface area (TPSA) is 53.8 Å². The molecule has 0 aromatic carbocycles. The Balaban J connectivity index is 1.94. The molecule has 15 heavy (non-hydrogen) atoms. The maximum atomic E-state index is 5.90. The second-order valence-electron chi connectivity index (χ2n) is 4.81. The van der Waals surface area contributed by atoms with E-state index in [1.165, 1.54) is 5.56 Å². The van der Waals surface area contributed by atoms with E-state index < -0.39 is 0 Å². The lowest BCUT2D eigenvalue weighted by molar-refractivity contribution is 0.449. The molecule has 0 saturated carbocycles. The third-order valence-corrected chi connectivity index (χ3v) is 2.43. The minimum absolute atomic E-state index is 0.0255. The number of rotatable bonds is 7. The lowest BCUT2D eigenvalue weighted by atomic mass is 10.0. The molecule has 0 aliphatic heterocycles. The van der Waals surface area contributed by atoms with Crippen molar-refractivity contribution in [2.75, 3.05) is 13.1 Å². The molecule has 0 unspecified atom stereocenters. The standard InChI is InChI=1S/C12H23N3/c1-12(2,13)6-3-7-14-8-4-11-5-9-15-10-11/h5,9-10,14-15H,3-4,6-8,13H2,1-2H3. The molecule has 1 aromatic rings. The minimum Gasteiger partial charge on any atom is -0.367 e. The van der Waals surface area contributed by atoms with E-state index in [4.69, 9.17) is 5.73 Å². The third kappa shape index (κ3) is 6.31. The van der Waals surface area contributed by atoms with E-state index in [2.05, 4.69) is 30.2 Å². The van der Waals surface area contributed by atoms with Gasteiger partial charge in [0.15, 0.2) is 0 Å². The summed E-state index contributed by atoms with van der Waals surface area (Å²) in [5.74, 6) is 0. The average molecular weight is 209 g/mol. The van der Waals surface area contributed by atoms with Gasteiger partial charge >= 0.3 is 0 Å². The van der Waals surface area contributed by atoms with Crippen molar-refractivity contribution in [2.45, 2.75) is 38.6 Å². The van der Waals surface area contributed by atoms with Crippen LogP contribution in [-0.2, 0) is 6.42 Å². The maximum absolute atomic E-state index is 5.90. The molecule has 0 saturated heterocycles. The second kappa shape index (κ2) is 5.93. The van der Waals surface area contributed by atoms with Gasteiger partial charge in [-0.05, 0) is 57.8 Å². The van der Waals surface area contributed by atoms with Crippen molar-refractivity contribution in [1.82, 2.24) is 10.3 Å². The normalized spacial score (nSPS) is 11.9. The van der Waals surface area contributed by atoms with Crippen molar-refractivity contribution in [3.63, 3.8) is 0 Å². The molecule has 0 fully saturated rings. The zero-order chi connectivity index (χ0) is 11.1. The van der Waals surface area contributed by atoms with Crippen LogP contribution >= 0.6 is 0 Å². The lowest BCUT2D eigenvalue weighted by Gasteiger charge is -2.17. The Bertz CT molecular complexity index is 246. The summed E-state index contributed by atoms with van der Waals surface area (Å²) in [6.07, 6.45) is 7.33. The highest BCUT2D eigenvalue weighted by Gasteiger charge is 2.08. The minimum atomic E-state index is -0.0255. The highest BCUT2D eigenvalue weighted by atomic mass is 14.8. The summed E-state index contributed by atoms with van der Waals surface area (Å²) >= 11 is 0. The molecule has 1 aromatic heterocycles. The Hall–Kier alpha value is -0.800. The van der Waals surface area contributed by atoms with Crippen molar-refractivity contribution in [3.05, 3.63) is 24.0 Å². The summed E-state index contributed by atoms with van der Waals surface area (Å²) in [4.78, 5) is 3.06. The molecule has 3 nitrogen and oxygen atoms in total. The molecular formula is C12H23N3.